The van der Waals surface area contributed by atoms with E-state index in [9.17, 15) is 9.59 Å². The fraction of sp³-hybridized carbons (Fsp3) is 0.875. The molecule has 118 valence electrons. The highest BCUT2D eigenvalue weighted by atomic mass is 16.4. The van der Waals surface area contributed by atoms with Crippen LogP contribution in [-0.2, 0) is 9.59 Å². The number of aliphatic carboxylic acids is 2. The Kier molecular flexibility index (Phi) is 11.1. The van der Waals surface area contributed by atoms with E-state index in [1.54, 1.807) is 13.8 Å². The highest BCUT2D eigenvalue weighted by molar-refractivity contribution is 5.69. The Bertz CT molecular complexity index is 248. The first-order valence-corrected chi connectivity index (χ1v) is 7.90. The maximum absolute atomic E-state index is 10.6. The Morgan fingerprint density at radius 1 is 0.650 bits per heavy atom. The third-order valence-corrected chi connectivity index (χ3v) is 3.87. The summed E-state index contributed by atoms with van der Waals surface area (Å²) < 4.78 is 0. The fourth-order valence-electron chi connectivity index (χ4n) is 2.21. The van der Waals surface area contributed by atoms with Crippen molar-refractivity contribution in [3.63, 3.8) is 0 Å². The van der Waals surface area contributed by atoms with Crippen molar-refractivity contribution in [1.29, 1.82) is 0 Å². The summed E-state index contributed by atoms with van der Waals surface area (Å²) >= 11 is 0. The second-order valence-corrected chi connectivity index (χ2v) is 5.88. The van der Waals surface area contributed by atoms with Crippen LogP contribution in [0.4, 0.5) is 0 Å². The summed E-state index contributed by atoms with van der Waals surface area (Å²) in [4.78, 5) is 21.2. The number of carboxylic acid groups (broad SMARTS) is 2. The number of unbranched alkanes of at least 4 members (excludes halogenated alkanes) is 7. The van der Waals surface area contributed by atoms with Crippen LogP contribution >= 0.6 is 0 Å². The van der Waals surface area contributed by atoms with Crippen molar-refractivity contribution in [3.8, 4) is 0 Å². The Labute approximate surface area is 122 Å². The minimum absolute atomic E-state index is 0.216. The first-order chi connectivity index (χ1) is 9.45. The predicted octanol–water partition coefficient (Wildman–Crippen LogP) is 4.33. The molecule has 0 rings (SSSR count). The van der Waals surface area contributed by atoms with Crippen molar-refractivity contribution in [3.05, 3.63) is 0 Å². The maximum atomic E-state index is 10.6. The SMILES string of the molecule is CC(CCCCCCCCCCC(C)C(=O)O)C(=O)O. The summed E-state index contributed by atoms with van der Waals surface area (Å²) in [6.45, 7) is 3.53. The molecule has 0 aliphatic carbocycles. The Balaban J connectivity index is 3.21. The lowest BCUT2D eigenvalue weighted by molar-refractivity contribution is -0.142. The van der Waals surface area contributed by atoms with Crippen LogP contribution in [0.25, 0.3) is 0 Å². The zero-order chi connectivity index (χ0) is 15.4. The van der Waals surface area contributed by atoms with Crippen LogP contribution in [-0.4, -0.2) is 22.2 Å². The average Bonchev–Trinajstić information content (AvgIpc) is 2.39. The first-order valence-electron chi connectivity index (χ1n) is 7.90. The molecule has 0 radical (unpaired) electrons. The van der Waals surface area contributed by atoms with Gasteiger partial charge in [-0.3, -0.25) is 9.59 Å². The topological polar surface area (TPSA) is 74.6 Å². The summed E-state index contributed by atoms with van der Waals surface area (Å²) in [5.41, 5.74) is 0. The number of rotatable bonds is 13. The van der Waals surface area contributed by atoms with Gasteiger partial charge in [-0.05, 0) is 12.8 Å². The molecule has 2 unspecified atom stereocenters. The van der Waals surface area contributed by atoms with E-state index in [0.717, 1.165) is 38.5 Å². The highest BCUT2D eigenvalue weighted by Gasteiger charge is 2.10. The van der Waals surface area contributed by atoms with Crippen molar-refractivity contribution >= 4 is 11.9 Å². The summed E-state index contributed by atoms with van der Waals surface area (Å²) in [6.07, 6.45) is 10.6. The van der Waals surface area contributed by atoms with Gasteiger partial charge in [0, 0.05) is 0 Å². The molecular weight excluding hydrogens is 256 g/mol. The van der Waals surface area contributed by atoms with Gasteiger partial charge in [0.15, 0.2) is 0 Å². The highest BCUT2D eigenvalue weighted by Crippen LogP contribution is 2.15. The monoisotopic (exact) mass is 286 g/mol. The molecule has 0 aromatic rings. The van der Waals surface area contributed by atoms with Gasteiger partial charge in [-0.1, -0.05) is 65.2 Å². The Morgan fingerprint density at radius 3 is 1.15 bits per heavy atom. The van der Waals surface area contributed by atoms with Crippen molar-refractivity contribution in [2.75, 3.05) is 0 Å². The minimum atomic E-state index is -0.694. The number of hydrogen-bond acceptors (Lipinski definition) is 2. The van der Waals surface area contributed by atoms with E-state index >= 15 is 0 Å². The zero-order valence-corrected chi connectivity index (χ0v) is 12.9. The standard InChI is InChI=1S/C16H30O4/c1-13(15(17)18)11-9-7-5-3-4-6-8-10-12-14(2)16(19)20/h13-14H,3-12H2,1-2H3,(H,17,18)(H,19,20). The van der Waals surface area contributed by atoms with Gasteiger partial charge in [0.2, 0.25) is 0 Å². The molecule has 0 saturated heterocycles. The van der Waals surface area contributed by atoms with E-state index in [2.05, 4.69) is 0 Å². The third kappa shape index (κ3) is 10.8. The molecule has 0 heterocycles. The Hall–Kier alpha value is -1.06. The number of carboxylic acids is 2. The van der Waals surface area contributed by atoms with Gasteiger partial charge in [-0.25, -0.2) is 0 Å². The second-order valence-electron chi connectivity index (χ2n) is 5.88. The molecule has 2 N–H and O–H groups in total. The van der Waals surface area contributed by atoms with Crippen molar-refractivity contribution < 1.29 is 19.8 Å². The molecule has 0 bridgehead atoms. The van der Waals surface area contributed by atoms with Gasteiger partial charge in [-0.2, -0.15) is 0 Å². The molecule has 0 amide bonds. The number of hydrogen-bond donors (Lipinski definition) is 2. The van der Waals surface area contributed by atoms with Crippen LogP contribution in [0.3, 0.4) is 0 Å². The smallest absolute Gasteiger partial charge is 0.306 e. The molecule has 0 aliphatic heterocycles. The lowest BCUT2D eigenvalue weighted by atomic mass is 10.0. The molecule has 0 aromatic heterocycles. The normalized spacial score (nSPS) is 13.9. The molecule has 0 aromatic carbocycles. The lowest BCUT2D eigenvalue weighted by Crippen LogP contribution is -2.08. The average molecular weight is 286 g/mol. The maximum Gasteiger partial charge on any atom is 0.306 e. The summed E-state index contributed by atoms with van der Waals surface area (Å²) in [5, 5.41) is 17.5. The number of carbonyl (C=O) groups is 2. The van der Waals surface area contributed by atoms with Crippen molar-refractivity contribution in [2.24, 2.45) is 11.8 Å². The minimum Gasteiger partial charge on any atom is -0.481 e. The second kappa shape index (κ2) is 11.7. The summed E-state index contributed by atoms with van der Waals surface area (Å²) in [5.74, 6) is -1.82. The summed E-state index contributed by atoms with van der Waals surface area (Å²) in [7, 11) is 0. The van der Waals surface area contributed by atoms with E-state index in [0.29, 0.717) is 0 Å². The first kappa shape index (κ1) is 18.9. The van der Waals surface area contributed by atoms with E-state index in [1.165, 1.54) is 25.7 Å². The molecule has 4 heteroatoms. The van der Waals surface area contributed by atoms with Crippen LogP contribution in [0.15, 0.2) is 0 Å². The van der Waals surface area contributed by atoms with Gasteiger partial charge >= 0.3 is 11.9 Å². The molecule has 0 fully saturated rings. The van der Waals surface area contributed by atoms with Crippen LogP contribution in [0.5, 0.6) is 0 Å². The lowest BCUT2D eigenvalue weighted by Gasteiger charge is -2.06. The van der Waals surface area contributed by atoms with Crippen LogP contribution in [0.2, 0.25) is 0 Å². The van der Waals surface area contributed by atoms with Crippen LogP contribution in [0, 0.1) is 11.8 Å². The molecule has 20 heavy (non-hydrogen) atoms. The zero-order valence-electron chi connectivity index (χ0n) is 12.9. The van der Waals surface area contributed by atoms with E-state index in [4.69, 9.17) is 10.2 Å². The quantitative estimate of drug-likeness (QED) is 0.494. The van der Waals surface area contributed by atoms with Crippen LogP contribution < -0.4 is 0 Å². The predicted molar refractivity (Wildman–Crippen MR) is 79.8 cm³/mol. The molecule has 2 atom stereocenters. The van der Waals surface area contributed by atoms with Gasteiger partial charge in [-0.15, -0.1) is 0 Å². The van der Waals surface area contributed by atoms with Gasteiger partial charge in [0.05, 0.1) is 11.8 Å². The molecule has 0 spiro atoms. The van der Waals surface area contributed by atoms with E-state index < -0.39 is 11.9 Å². The van der Waals surface area contributed by atoms with Crippen molar-refractivity contribution in [2.45, 2.75) is 78.1 Å². The van der Waals surface area contributed by atoms with E-state index in [-0.39, 0.29) is 11.8 Å². The largest absolute Gasteiger partial charge is 0.481 e. The van der Waals surface area contributed by atoms with Crippen LogP contribution in [0.1, 0.15) is 78.1 Å². The molecular formula is C16H30O4. The van der Waals surface area contributed by atoms with Crippen molar-refractivity contribution in [1.82, 2.24) is 0 Å². The van der Waals surface area contributed by atoms with Gasteiger partial charge in [0.1, 0.15) is 0 Å². The molecule has 4 nitrogen and oxygen atoms in total. The van der Waals surface area contributed by atoms with Gasteiger partial charge < -0.3 is 10.2 Å². The van der Waals surface area contributed by atoms with E-state index in [1.807, 2.05) is 0 Å². The summed E-state index contributed by atoms with van der Waals surface area (Å²) in [6, 6.07) is 0. The Morgan fingerprint density at radius 2 is 0.900 bits per heavy atom. The molecule has 0 aliphatic rings. The third-order valence-electron chi connectivity index (χ3n) is 3.87. The molecule has 0 saturated carbocycles. The fourth-order valence-corrected chi connectivity index (χ4v) is 2.21. The van der Waals surface area contributed by atoms with Gasteiger partial charge in [0.25, 0.3) is 0 Å².